The molecular weight excluding hydrogens is 243 g/mol. The van der Waals surface area contributed by atoms with E-state index < -0.39 is 0 Å². The average Bonchev–Trinajstić information content (AvgIpc) is 2.27. The van der Waals surface area contributed by atoms with Gasteiger partial charge in [0.15, 0.2) is 0 Å². The molecule has 0 aliphatic carbocycles. The first-order valence-electron chi connectivity index (χ1n) is 5.44. The number of hydrogen-bond acceptors (Lipinski definition) is 2. The van der Waals surface area contributed by atoms with Crippen molar-refractivity contribution in [3.8, 4) is 0 Å². The molecule has 0 amide bonds. The standard InChI is InChI=1S/C12H18Cl2N2/c1-9-4-5-10(12(14)7-9)8-11(16-15)3-2-6-13/h4-5,7,11,16H,2-3,6,8,15H2,1H3. The van der Waals surface area contributed by atoms with Crippen LogP contribution in [0.2, 0.25) is 5.02 Å². The Balaban J connectivity index is 2.62. The smallest absolute Gasteiger partial charge is 0.0441 e. The number of alkyl halides is 1. The molecule has 0 aromatic heterocycles. The van der Waals surface area contributed by atoms with Crippen LogP contribution in [0.15, 0.2) is 18.2 Å². The van der Waals surface area contributed by atoms with Crippen LogP contribution in [0.4, 0.5) is 0 Å². The number of aryl methyl sites for hydroxylation is 1. The molecule has 1 unspecified atom stereocenters. The van der Waals surface area contributed by atoms with Gasteiger partial charge in [-0.3, -0.25) is 11.3 Å². The molecule has 2 nitrogen and oxygen atoms in total. The average molecular weight is 261 g/mol. The van der Waals surface area contributed by atoms with Gasteiger partial charge < -0.3 is 0 Å². The van der Waals surface area contributed by atoms with Crippen molar-refractivity contribution < 1.29 is 0 Å². The fourth-order valence-electron chi connectivity index (χ4n) is 1.65. The summed E-state index contributed by atoms with van der Waals surface area (Å²) in [6.07, 6.45) is 2.76. The van der Waals surface area contributed by atoms with E-state index in [9.17, 15) is 0 Å². The molecule has 1 aromatic carbocycles. The van der Waals surface area contributed by atoms with Crippen molar-refractivity contribution in [3.05, 3.63) is 34.3 Å². The summed E-state index contributed by atoms with van der Waals surface area (Å²) in [5, 5.41) is 0.811. The number of nitrogens with one attached hydrogen (secondary N) is 1. The van der Waals surface area contributed by atoms with Crippen LogP contribution in [0.5, 0.6) is 0 Å². The number of hydrazine groups is 1. The number of rotatable bonds is 6. The number of hydrogen-bond donors (Lipinski definition) is 2. The highest BCUT2D eigenvalue weighted by atomic mass is 35.5. The van der Waals surface area contributed by atoms with E-state index >= 15 is 0 Å². The van der Waals surface area contributed by atoms with Gasteiger partial charge >= 0.3 is 0 Å². The quantitative estimate of drug-likeness (QED) is 0.469. The van der Waals surface area contributed by atoms with Gasteiger partial charge in [-0.25, -0.2) is 0 Å². The maximum Gasteiger partial charge on any atom is 0.0441 e. The van der Waals surface area contributed by atoms with E-state index in [0.29, 0.717) is 5.88 Å². The van der Waals surface area contributed by atoms with Crippen LogP contribution in [0.25, 0.3) is 0 Å². The number of halogens is 2. The molecule has 0 spiro atoms. The fourth-order valence-corrected chi connectivity index (χ4v) is 2.12. The maximum absolute atomic E-state index is 6.17. The first-order valence-corrected chi connectivity index (χ1v) is 6.35. The molecule has 3 N–H and O–H groups in total. The Bertz CT molecular complexity index is 329. The Morgan fingerprint density at radius 3 is 2.75 bits per heavy atom. The second-order valence-corrected chi connectivity index (χ2v) is 4.78. The lowest BCUT2D eigenvalue weighted by molar-refractivity contribution is 0.487. The van der Waals surface area contributed by atoms with Crippen LogP contribution >= 0.6 is 23.2 Å². The normalized spacial score (nSPS) is 12.8. The predicted molar refractivity (Wildman–Crippen MR) is 71.0 cm³/mol. The summed E-state index contributed by atoms with van der Waals surface area (Å²) in [4.78, 5) is 0. The lowest BCUT2D eigenvalue weighted by Gasteiger charge is -2.16. The molecule has 1 rings (SSSR count). The minimum Gasteiger partial charge on any atom is -0.271 e. The first kappa shape index (κ1) is 13.8. The third-order valence-electron chi connectivity index (χ3n) is 2.60. The van der Waals surface area contributed by atoms with Crippen molar-refractivity contribution in [2.75, 3.05) is 5.88 Å². The van der Waals surface area contributed by atoms with Gasteiger partial charge in [-0.1, -0.05) is 23.7 Å². The van der Waals surface area contributed by atoms with E-state index in [4.69, 9.17) is 29.0 Å². The summed E-state index contributed by atoms with van der Waals surface area (Å²) < 4.78 is 0. The van der Waals surface area contributed by atoms with E-state index in [0.717, 1.165) is 29.8 Å². The zero-order chi connectivity index (χ0) is 12.0. The molecule has 90 valence electrons. The Morgan fingerprint density at radius 1 is 1.44 bits per heavy atom. The van der Waals surface area contributed by atoms with Crippen molar-refractivity contribution in [1.82, 2.24) is 5.43 Å². The van der Waals surface area contributed by atoms with Gasteiger partial charge in [-0.2, -0.15) is 0 Å². The van der Waals surface area contributed by atoms with Crippen LogP contribution in [-0.2, 0) is 6.42 Å². The topological polar surface area (TPSA) is 38.0 Å². The summed E-state index contributed by atoms with van der Waals surface area (Å²) in [7, 11) is 0. The van der Waals surface area contributed by atoms with Gasteiger partial charge in [-0.15, -0.1) is 11.6 Å². The molecular formula is C12H18Cl2N2. The van der Waals surface area contributed by atoms with Crippen molar-refractivity contribution in [2.45, 2.75) is 32.2 Å². The van der Waals surface area contributed by atoms with Gasteiger partial charge in [0.05, 0.1) is 0 Å². The van der Waals surface area contributed by atoms with Crippen LogP contribution in [0, 0.1) is 6.92 Å². The highest BCUT2D eigenvalue weighted by Gasteiger charge is 2.09. The van der Waals surface area contributed by atoms with E-state index in [-0.39, 0.29) is 6.04 Å². The van der Waals surface area contributed by atoms with E-state index in [1.807, 2.05) is 13.0 Å². The molecule has 4 heteroatoms. The summed E-state index contributed by atoms with van der Waals surface area (Å²) in [5.41, 5.74) is 5.11. The zero-order valence-corrected chi connectivity index (χ0v) is 11.0. The predicted octanol–water partition coefficient (Wildman–Crippen LogP) is 3.04. The van der Waals surface area contributed by atoms with E-state index in [1.165, 1.54) is 5.56 Å². The summed E-state index contributed by atoms with van der Waals surface area (Å²) in [6, 6.07) is 6.34. The highest BCUT2D eigenvalue weighted by Crippen LogP contribution is 2.20. The van der Waals surface area contributed by atoms with Gasteiger partial charge in [0, 0.05) is 16.9 Å². The Hall–Kier alpha value is -0.280. The van der Waals surface area contributed by atoms with E-state index in [2.05, 4.69) is 17.6 Å². The molecule has 1 atom stereocenters. The minimum absolute atomic E-state index is 0.235. The lowest BCUT2D eigenvalue weighted by atomic mass is 10.0. The summed E-state index contributed by atoms with van der Waals surface area (Å²) in [5.74, 6) is 6.17. The van der Waals surface area contributed by atoms with Gasteiger partial charge in [0.1, 0.15) is 0 Å². The van der Waals surface area contributed by atoms with Gasteiger partial charge in [-0.05, 0) is 43.4 Å². The Labute approximate surface area is 107 Å². The monoisotopic (exact) mass is 260 g/mol. The lowest BCUT2D eigenvalue weighted by Crippen LogP contribution is -2.36. The molecule has 0 aliphatic rings. The molecule has 0 saturated carbocycles. The SMILES string of the molecule is Cc1ccc(CC(CCCCl)NN)c(Cl)c1. The van der Waals surface area contributed by atoms with Gasteiger partial charge in [0.25, 0.3) is 0 Å². The molecule has 0 radical (unpaired) electrons. The van der Waals surface area contributed by atoms with Crippen molar-refractivity contribution in [1.29, 1.82) is 0 Å². The van der Waals surface area contributed by atoms with Crippen LogP contribution in [0.1, 0.15) is 24.0 Å². The van der Waals surface area contributed by atoms with Crippen LogP contribution < -0.4 is 11.3 Å². The van der Waals surface area contributed by atoms with Crippen LogP contribution in [0.3, 0.4) is 0 Å². The molecule has 0 aliphatic heterocycles. The summed E-state index contributed by atoms with van der Waals surface area (Å²) in [6.45, 7) is 2.03. The van der Waals surface area contributed by atoms with E-state index in [1.54, 1.807) is 0 Å². The number of benzene rings is 1. The van der Waals surface area contributed by atoms with Crippen LogP contribution in [-0.4, -0.2) is 11.9 Å². The summed E-state index contributed by atoms with van der Waals surface area (Å²) >= 11 is 11.8. The Morgan fingerprint density at radius 2 is 2.19 bits per heavy atom. The largest absolute Gasteiger partial charge is 0.271 e. The number of nitrogens with two attached hydrogens (primary N) is 1. The van der Waals surface area contributed by atoms with Gasteiger partial charge in [0.2, 0.25) is 0 Å². The molecule has 0 fully saturated rings. The van der Waals surface area contributed by atoms with Crippen molar-refractivity contribution >= 4 is 23.2 Å². The fraction of sp³-hybridized carbons (Fsp3) is 0.500. The molecule has 0 bridgehead atoms. The van der Waals surface area contributed by atoms with Crippen molar-refractivity contribution in [3.63, 3.8) is 0 Å². The molecule has 1 aromatic rings. The zero-order valence-electron chi connectivity index (χ0n) is 9.47. The minimum atomic E-state index is 0.235. The maximum atomic E-state index is 6.17. The second-order valence-electron chi connectivity index (χ2n) is 3.99. The molecule has 16 heavy (non-hydrogen) atoms. The second kappa shape index (κ2) is 7.13. The van der Waals surface area contributed by atoms with Crippen molar-refractivity contribution in [2.24, 2.45) is 5.84 Å². The first-order chi connectivity index (χ1) is 7.67. The highest BCUT2D eigenvalue weighted by molar-refractivity contribution is 6.31. The molecule has 0 saturated heterocycles. The molecule has 0 heterocycles. The third-order valence-corrected chi connectivity index (χ3v) is 3.22. The Kier molecular flexibility index (Phi) is 6.14. The third kappa shape index (κ3) is 4.30.